The highest BCUT2D eigenvalue weighted by Gasteiger charge is 2.23. The summed E-state index contributed by atoms with van der Waals surface area (Å²) in [5, 5.41) is 9.47. The number of benzene rings is 3. The maximum atomic E-state index is 12.8. The Labute approximate surface area is 196 Å². The second-order valence-electron chi connectivity index (χ2n) is 7.77. The Balaban J connectivity index is 1.38. The third-order valence-corrected chi connectivity index (χ3v) is 6.60. The molecule has 0 atom stereocenters. The molecule has 1 saturated heterocycles. The molecule has 1 aliphatic heterocycles. The lowest BCUT2D eigenvalue weighted by molar-refractivity contribution is -0.133. The Morgan fingerprint density at radius 3 is 2.52 bits per heavy atom. The number of nitrogens with zero attached hydrogens (tertiary/aromatic N) is 2. The number of amides is 1. The van der Waals surface area contributed by atoms with Gasteiger partial charge in [-0.25, -0.2) is 0 Å². The van der Waals surface area contributed by atoms with Gasteiger partial charge in [0, 0.05) is 53.5 Å². The lowest BCUT2D eigenvalue weighted by atomic mass is 10.0. The van der Waals surface area contributed by atoms with E-state index in [1.165, 1.54) is 23.0 Å². The maximum absolute atomic E-state index is 12.8. The zero-order chi connectivity index (χ0) is 21.8. The van der Waals surface area contributed by atoms with E-state index in [0.717, 1.165) is 33.9 Å². The molecule has 3 aromatic carbocycles. The number of anilines is 1. The van der Waals surface area contributed by atoms with Crippen LogP contribution in [-0.2, 0) is 9.22 Å². The molecule has 0 radical (unpaired) electrons. The van der Waals surface area contributed by atoms with Crippen LogP contribution in [0.5, 0.6) is 5.75 Å². The standard InChI is InChI=1S/C25H26IN3O2/c1-18-6-8-23(20(14-18)15-26)28-10-12-29(13-11-28)25(30)17-31-24-9-7-19(16-27)21-4-2-3-5-22(21)24/h2-9,14,16,27H,10-13,15,17H2,1H3. The Hall–Kier alpha value is -2.61. The van der Waals surface area contributed by atoms with Crippen LogP contribution in [0.3, 0.4) is 0 Å². The molecule has 1 amide bonds. The minimum absolute atomic E-state index is 0.0119. The van der Waals surface area contributed by atoms with E-state index in [2.05, 4.69) is 52.6 Å². The lowest BCUT2D eigenvalue weighted by Crippen LogP contribution is -2.50. The van der Waals surface area contributed by atoms with Crippen molar-refractivity contribution in [3.8, 4) is 5.75 Å². The molecule has 4 rings (SSSR count). The average molecular weight is 527 g/mol. The molecule has 5 nitrogen and oxygen atoms in total. The molecule has 1 fully saturated rings. The van der Waals surface area contributed by atoms with Crippen LogP contribution in [0.4, 0.5) is 5.69 Å². The molecule has 3 aromatic rings. The quantitative estimate of drug-likeness (QED) is 0.285. The van der Waals surface area contributed by atoms with Gasteiger partial charge < -0.3 is 19.9 Å². The molecule has 0 saturated carbocycles. The average Bonchev–Trinajstić information content (AvgIpc) is 2.82. The van der Waals surface area contributed by atoms with Gasteiger partial charge in [-0.3, -0.25) is 4.79 Å². The predicted octanol–water partition coefficient (Wildman–Crippen LogP) is 4.81. The molecule has 31 heavy (non-hydrogen) atoms. The van der Waals surface area contributed by atoms with E-state index in [-0.39, 0.29) is 12.5 Å². The van der Waals surface area contributed by atoms with Crippen molar-refractivity contribution in [2.75, 3.05) is 37.7 Å². The van der Waals surface area contributed by atoms with Crippen LogP contribution < -0.4 is 9.64 Å². The summed E-state index contributed by atoms with van der Waals surface area (Å²) in [4.78, 5) is 17.1. The largest absolute Gasteiger partial charge is 0.483 e. The van der Waals surface area contributed by atoms with Crippen molar-refractivity contribution < 1.29 is 9.53 Å². The second-order valence-corrected chi connectivity index (χ2v) is 8.53. The topological polar surface area (TPSA) is 56.6 Å². The summed E-state index contributed by atoms with van der Waals surface area (Å²) in [7, 11) is 0. The minimum atomic E-state index is 0.0119. The number of aryl methyl sites for hydroxylation is 1. The van der Waals surface area contributed by atoms with Gasteiger partial charge in [-0.2, -0.15) is 0 Å². The fourth-order valence-corrected chi connectivity index (χ4v) is 4.71. The maximum Gasteiger partial charge on any atom is 0.260 e. The highest BCUT2D eigenvalue weighted by molar-refractivity contribution is 14.1. The van der Waals surface area contributed by atoms with Crippen molar-refractivity contribution in [1.29, 1.82) is 5.41 Å². The number of rotatable bonds is 6. The van der Waals surface area contributed by atoms with E-state index in [1.54, 1.807) is 0 Å². The normalized spacial score (nSPS) is 14.0. The molecule has 0 unspecified atom stereocenters. The highest BCUT2D eigenvalue weighted by Crippen LogP contribution is 2.28. The van der Waals surface area contributed by atoms with Crippen molar-refractivity contribution in [2.24, 2.45) is 0 Å². The number of carbonyl (C=O) groups is 1. The summed E-state index contributed by atoms with van der Waals surface area (Å²) in [5.74, 6) is 0.692. The van der Waals surface area contributed by atoms with Gasteiger partial charge in [-0.05, 0) is 36.1 Å². The lowest BCUT2D eigenvalue weighted by Gasteiger charge is -2.37. The first-order valence-corrected chi connectivity index (χ1v) is 12.0. The number of piperazine rings is 1. The zero-order valence-corrected chi connectivity index (χ0v) is 19.8. The van der Waals surface area contributed by atoms with Gasteiger partial charge in [-0.1, -0.05) is 64.6 Å². The summed E-state index contributed by atoms with van der Waals surface area (Å²) < 4.78 is 6.89. The van der Waals surface area contributed by atoms with E-state index in [9.17, 15) is 4.79 Å². The van der Waals surface area contributed by atoms with Gasteiger partial charge in [0.25, 0.3) is 5.91 Å². The SMILES string of the molecule is Cc1ccc(N2CCN(C(=O)COc3ccc(C=N)c4ccccc34)CC2)c(CI)c1. The Morgan fingerprint density at radius 1 is 1.06 bits per heavy atom. The van der Waals surface area contributed by atoms with Gasteiger partial charge in [0.05, 0.1) is 0 Å². The van der Waals surface area contributed by atoms with Crippen molar-refractivity contribution >= 4 is 51.2 Å². The molecule has 1 heterocycles. The van der Waals surface area contributed by atoms with Crippen LogP contribution in [0.2, 0.25) is 0 Å². The number of hydrogen-bond acceptors (Lipinski definition) is 4. The summed E-state index contributed by atoms with van der Waals surface area (Å²) >= 11 is 2.41. The first kappa shape index (κ1) is 21.6. The molecular weight excluding hydrogens is 501 g/mol. The van der Waals surface area contributed by atoms with Gasteiger partial charge in [-0.15, -0.1) is 0 Å². The Bertz CT molecular complexity index is 1110. The van der Waals surface area contributed by atoms with Crippen LogP contribution >= 0.6 is 22.6 Å². The van der Waals surface area contributed by atoms with Crippen molar-refractivity contribution in [3.63, 3.8) is 0 Å². The minimum Gasteiger partial charge on any atom is -0.483 e. The molecule has 0 spiro atoms. The third kappa shape index (κ3) is 4.69. The molecule has 1 aliphatic rings. The van der Waals surface area contributed by atoms with E-state index in [4.69, 9.17) is 10.1 Å². The van der Waals surface area contributed by atoms with Crippen LogP contribution in [0.15, 0.2) is 54.6 Å². The van der Waals surface area contributed by atoms with Crippen molar-refractivity contribution in [2.45, 2.75) is 11.4 Å². The van der Waals surface area contributed by atoms with Crippen molar-refractivity contribution in [1.82, 2.24) is 4.90 Å². The van der Waals surface area contributed by atoms with E-state index in [0.29, 0.717) is 18.8 Å². The Morgan fingerprint density at radius 2 is 1.81 bits per heavy atom. The fraction of sp³-hybridized carbons (Fsp3) is 0.280. The van der Waals surface area contributed by atoms with Crippen LogP contribution in [0.25, 0.3) is 10.8 Å². The van der Waals surface area contributed by atoms with E-state index < -0.39 is 0 Å². The van der Waals surface area contributed by atoms with Gasteiger partial charge in [0.1, 0.15) is 5.75 Å². The van der Waals surface area contributed by atoms with Gasteiger partial charge in [0.15, 0.2) is 6.61 Å². The van der Waals surface area contributed by atoms with Crippen LogP contribution in [0.1, 0.15) is 16.7 Å². The first-order chi connectivity index (χ1) is 15.1. The summed E-state index contributed by atoms with van der Waals surface area (Å²) in [6.07, 6.45) is 1.34. The summed E-state index contributed by atoms with van der Waals surface area (Å²) in [6.45, 7) is 5.20. The number of nitrogens with one attached hydrogen (secondary N) is 1. The van der Waals surface area contributed by atoms with E-state index >= 15 is 0 Å². The number of alkyl halides is 1. The number of ether oxygens (including phenoxy) is 1. The first-order valence-electron chi connectivity index (χ1n) is 10.4. The monoisotopic (exact) mass is 527 g/mol. The smallest absolute Gasteiger partial charge is 0.260 e. The molecular formula is C25H26IN3O2. The number of halogens is 1. The number of hydrogen-bond donors (Lipinski definition) is 1. The third-order valence-electron chi connectivity index (χ3n) is 5.78. The molecule has 160 valence electrons. The highest BCUT2D eigenvalue weighted by atomic mass is 127. The van der Waals surface area contributed by atoms with Gasteiger partial charge >= 0.3 is 0 Å². The molecule has 0 aromatic heterocycles. The van der Waals surface area contributed by atoms with E-state index in [1.807, 2.05) is 41.3 Å². The zero-order valence-electron chi connectivity index (χ0n) is 17.6. The fourth-order valence-electron chi connectivity index (χ4n) is 4.10. The predicted molar refractivity (Wildman–Crippen MR) is 135 cm³/mol. The molecule has 0 bridgehead atoms. The second kappa shape index (κ2) is 9.68. The number of fused-ring (bicyclic) bond motifs is 1. The number of carbonyl (C=O) groups excluding carboxylic acids is 1. The summed E-state index contributed by atoms with van der Waals surface area (Å²) in [6, 6.07) is 18.1. The molecule has 1 N–H and O–H groups in total. The van der Waals surface area contributed by atoms with Gasteiger partial charge in [0.2, 0.25) is 0 Å². The van der Waals surface area contributed by atoms with Crippen LogP contribution in [0, 0.1) is 12.3 Å². The van der Waals surface area contributed by atoms with Crippen molar-refractivity contribution in [3.05, 3.63) is 71.3 Å². The molecule has 6 heteroatoms. The molecule has 0 aliphatic carbocycles. The van der Waals surface area contributed by atoms with Crippen LogP contribution in [-0.4, -0.2) is 49.8 Å². The Kier molecular flexibility index (Phi) is 6.75. The summed E-state index contributed by atoms with van der Waals surface area (Å²) in [5.41, 5.74) is 4.75.